The Bertz CT molecular complexity index is 554. The fraction of sp³-hybridized carbons (Fsp3) is 0.375. The monoisotopic (exact) mass is 311 g/mol. The van der Waals surface area contributed by atoms with Crippen LogP contribution in [0.4, 0.5) is 8.78 Å². The first-order valence-electron chi connectivity index (χ1n) is 6.93. The molecule has 2 aromatic rings. The summed E-state index contributed by atoms with van der Waals surface area (Å²) in [7, 11) is 0. The van der Waals surface area contributed by atoms with Crippen LogP contribution in [0, 0.1) is 0 Å². The molecule has 0 radical (unpaired) electrons. The van der Waals surface area contributed by atoms with Crippen molar-refractivity contribution in [2.45, 2.75) is 39.5 Å². The Balaban J connectivity index is 1.92. The van der Waals surface area contributed by atoms with Gasteiger partial charge in [-0.3, -0.25) is 0 Å². The molecule has 0 aliphatic heterocycles. The molecule has 1 aromatic carbocycles. The number of aryl methyl sites for hydroxylation is 1. The second kappa shape index (κ2) is 7.52. The number of ether oxygens (including phenoxy) is 1. The molecule has 0 bridgehead atoms. The number of hydrogen-bond acceptors (Lipinski definition) is 3. The topological polar surface area (TPSA) is 21.3 Å². The lowest BCUT2D eigenvalue weighted by Crippen LogP contribution is -2.18. The normalized spacial score (nSPS) is 12.6. The Morgan fingerprint density at radius 1 is 1.19 bits per heavy atom. The molecule has 0 aliphatic carbocycles. The fourth-order valence-corrected chi connectivity index (χ4v) is 3.07. The number of rotatable bonds is 7. The van der Waals surface area contributed by atoms with Crippen LogP contribution in [-0.4, -0.2) is 6.61 Å². The molecule has 0 saturated carbocycles. The third-order valence-corrected chi connectivity index (χ3v) is 4.36. The van der Waals surface area contributed by atoms with Crippen LogP contribution < -0.4 is 10.1 Å². The van der Waals surface area contributed by atoms with Gasteiger partial charge >= 0.3 is 6.61 Å². The Morgan fingerprint density at radius 3 is 2.52 bits per heavy atom. The van der Waals surface area contributed by atoms with Crippen molar-refractivity contribution in [3.05, 3.63) is 51.7 Å². The SMILES string of the molecule is CCc1ccsc1CNC(C)c1ccc(OC(F)F)cc1. The minimum atomic E-state index is -2.78. The first-order chi connectivity index (χ1) is 10.1. The number of halogens is 2. The summed E-state index contributed by atoms with van der Waals surface area (Å²) in [4.78, 5) is 1.35. The van der Waals surface area contributed by atoms with Crippen LogP contribution in [0.1, 0.15) is 35.9 Å². The van der Waals surface area contributed by atoms with E-state index in [4.69, 9.17) is 0 Å². The van der Waals surface area contributed by atoms with Gasteiger partial charge in [0.05, 0.1) is 0 Å². The van der Waals surface area contributed by atoms with Gasteiger partial charge < -0.3 is 10.1 Å². The van der Waals surface area contributed by atoms with Crippen molar-refractivity contribution < 1.29 is 13.5 Å². The Morgan fingerprint density at radius 2 is 1.90 bits per heavy atom. The lowest BCUT2D eigenvalue weighted by molar-refractivity contribution is -0.0498. The molecule has 1 N–H and O–H groups in total. The van der Waals surface area contributed by atoms with Crippen LogP contribution in [0.2, 0.25) is 0 Å². The number of benzene rings is 1. The van der Waals surface area contributed by atoms with Gasteiger partial charge in [0, 0.05) is 17.5 Å². The highest BCUT2D eigenvalue weighted by atomic mass is 32.1. The van der Waals surface area contributed by atoms with Crippen molar-refractivity contribution in [3.8, 4) is 5.75 Å². The summed E-state index contributed by atoms with van der Waals surface area (Å²) in [6.45, 7) is 2.24. The van der Waals surface area contributed by atoms with Crippen molar-refractivity contribution in [1.82, 2.24) is 5.32 Å². The minimum absolute atomic E-state index is 0.150. The maximum Gasteiger partial charge on any atom is 0.387 e. The highest BCUT2D eigenvalue weighted by Crippen LogP contribution is 2.21. The van der Waals surface area contributed by atoms with Gasteiger partial charge in [-0.15, -0.1) is 11.3 Å². The Kier molecular flexibility index (Phi) is 5.70. The van der Waals surface area contributed by atoms with Gasteiger partial charge in [-0.2, -0.15) is 8.78 Å². The molecular formula is C16H19F2NOS. The van der Waals surface area contributed by atoms with Gasteiger partial charge in [0.25, 0.3) is 0 Å². The predicted octanol–water partition coefficient (Wildman–Crippen LogP) is 4.76. The first-order valence-corrected chi connectivity index (χ1v) is 7.81. The molecule has 5 heteroatoms. The quantitative estimate of drug-likeness (QED) is 0.796. The summed E-state index contributed by atoms with van der Waals surface area (Å²) in [6, 6.07) is 9.07. The highest BCUT2D eigenvalue weighted by molar-refractivity contribution is 7.10. The Labute approximate surface area is 127 Å². The van der Waals surface area contributed by atoms with E-state index < -0.39 is 6.61 Å². The zero-order valence-corrected chi connectivity index (χ0v) is 12.9. The molecule has 0 aliphatic rings. The lowest BCUT2D eigenvalue weighted by atomic mass is 10.1. The van der Waals surface area contributed by atoms with E-state index in [1.165, 1.54) is 10.4 Å². The summed E-state index contributed by atoms with van der Waals surface area (Å²) < 4.78 is 28.5. The zero-order valence-electron chi connectivity index (χ0n) is 12.1. The van der Waals surface area contributed by atoms with Crippen LogP contribution in [0.3, 0.4) is 0 Å². The maximum absolute atomic E-state index is 12.1. The van der Waals surface area contributed by atoms with Crippen LogP contribution in [0.25, 0.3) is 0 Å². The van der Waals surface area contributed by atoms with Crippen molar-refractivity contribution >= 4 is 11.3 Å². The molecule has 0 saturated heterocycles. The summed E-state index contributed by atoms with van der Waals surface area (Å²) >= 11 is 1.75. The van der Waals surface area contributed by atoms with Gasteiger partial charge in [-0.1, -0.05) is 19.1 Å². The van der Waals surface area contributed by atoms with Crippen molar-refractivity contribution in [1.29, 1.82) is 0 Å². The summed E-state index contributed by atoms with van der Waals surface area (Å²) in [5.41, 5.74) is 2.42. The lowest BCUT2D eigenvalue weighted by Gasteiger charge is -2.15. The molecule has 1 unspecified atom stereocenters. The van der Waals surface area contributed by atoms with Crippen molar-refractivity contribution in [2.75, 3.05) is 0 Å². The third-order valence-electron chi connectivity index (χ3n) is 3.39. The van der Waals surface area contributed by atoms with E-state index >= 15 is 0 Å². The van der Waals surface area contributed by atoms with Crippen LogP contribution >= 0.6 is 11.3 Å². The number of thiophene rings is 1. The van der Waals surface area contributed by atoms with E-state index in [0.717, 1.165) is 18.5 Å². The second-order valence-corrected chi connectivity index (χ2v) is 5.77. The number of nitrogens with one attached hydrogen (secondary N) is 1. The molecule has 1 aromatic heterocycles. The predicted molar refractivity (Wildman–Crippen MR) is 82.0 cm³/mol. The van der Waals surface area contributed by atoms with Crippen LogP contribution in [-0.2, 0) is 13.0 Å². The molecule has 1 atom stereocenters. The zero-order chi connectivity index (χ0) is 15.2. The van der Waals surface area contributed by atoms with Gasteiger partial charge in [-0.05, 0) is 48.1 Å². The van der Waals surface area contributed by atoms with Crippen molar-refractivity contribution in [3.63, 3.8) is 0 Å². The molecule has 2 nitrogen and oxygen atoms in total. The minimum Gasteiger partial charge on any atom is -0.435 e. The average Bonchev–Trinajstić information content (AvgIpc) is 2.92. The van der Waals surface area contributed by atoms with Gasteiger partial charge in [0.2, 0.25) is 0 Å². The molecule has 1 heterocycles. The average molecular weight is 311 g/mol. The Hall–Kier alpha value is -1.46. The van der Waals surface area contributed by atoms with E-state index in [-0.39, 0.29) is 11.8 Å². The van der Waals surface area contributed by atoms with E-state index in [1.807, 2.05) is 12.1 Å². The van der Waals surface area contributed by atoms with E-state index in [9.17, 15) is 8.78 Å². The molecular weight excluding hydrogens is 292 g/mol. The molecule has 2 rings (SSSR count). The third kappa shape index (κ3) is 4.51. The highest BCUT2D eigenvalue weighted by Gasteiger charge is 2.09. The summed E-state index contributed by atoms with van der Waals surface area (Å²) in [6.07, 6.45) is 1.04. The fourth-order valence-electron chi connectivity index (χ4n) is 2.14. The number of hydrogen-bond donors (Lipinski definition) is 1. The summed E-state index contributed by atoms with van der Waals surface area (Å²) in [5.74, 6) is 0.187. The smallest absolute Gasteiger partial charge is 0.387 e. The van der Waals surface area contributed by atoms with Crippen molar-refractivity contribution in [2.24, 2.45) is 0 Å². The van der Waals surface area contributed by atoms with Crippen LogP contribution in [0.15, 0.2) is 35.7 Å². The second-order valence-electron chi connectivity index (χ2n) is 4.77. The number of alkyl halides is 2. The van der Waals surface area contributed by atoms with E-state index in [1.54, 1.807) is 23.5 Å². The summed E-state index contributed by atoms with van der Waals surface area (Å²) in [5, 5.41) is 5.57. The molecule has 114 valence electrons. The standard InChI is InChI=1S/C16H19F2NOS/c1-3-12-8-9-21-15(12)10-19-11(2)13-4-6-14(7-5-13)20-16(17)18/h4-9,11,16,19H,3,10H2,1-2H3. The molecule has 0 amide bonds. The largest absolute Gasteiger partial charge is 0.435 e. The molecule has 0 spiro atoms. The van der Waals surface area contributed by atoms with Gasteiger partial charge in [0.15, 0.2) is 0 Å². The molecule has 21 heavy (non-hydrogen) atoms. The van der Waals surface area contributed by atoms with E-state index in [0.29, 0.717) is 0 Å². The first kappa shape index (κ1) is 15.9. The maximum atomic E-state index is 12.1. The van der Waals surface area contributed by atoms with Gasteiger partial charge in [0.1, 0.15) is 5.75 Å². The molecule has 0 fully saturated rings. The van der Waals surface area contributed by atoms with E-state index in [2.05, 4.69) is 35.3 Å². The van der Waals surface area contributed by atoms with Gasteiger partial charge in [-0.25, -0.2) is 0 Å². The van der Waals surface area contributed by atoms with Crippen LogP contribution in [0.5, 0.6) is 5.75 Å².